The Kier molecular flexibility index (Phi) is 4.82. The van der Waals surface area contributed by atoms with Crippen LogP contribution >= 0.6 is 0 Å². The number of nitrogens with zero attached hydrogens (tertiary/aromatic N) is 1. The zero-order valence-corrected chi connectivity index (χ0v) is 16.1. The molecule has 1 saturated heterocycles. The first kappa shape index (κ1) is 18.5. The van der Waals surface area contributed by atoms with Crippen LogP contribution in [0.3, 0.4) is 0 Å². The highest BCUT2D eigenvalue weighted by Gasteiger charge is 2.60. The zero-order chi connectivity index (χ0) is 19.1. The van der Waals surface area contributed by atoms with Crippen LogP contribution in [0.2, 0.25) is 0 Å². The van der Waals surface area contributed by atoms with E-state index in [1.807, 2.05) is 6.07 Å². The SMILES string of the molecule is CC(C)=C[C@@H]1[C@H](C(=O)Nc2cc(C(N)=O)ccc2N2CCCC2)C1(C)C. The summed E-state index contributed by atoms with van der Waals surface area (Å²) in [6, 6.07) is 5.34. The van der Waals surface area contributed by atoms with E-state index in [0.717, 1.165) is 31.6 Å². The van der Waals surface area contributed by atoms with E-state index >= 15 is 0 Å². The highest BCUT2D eigenvalue weighted by Crippen LogP contribution is 2.59. The van der Waals surface area contributed by atoms with E-state index < -0.39 is 5.91 Å². The molecule has 1 aromatic rings. The lowest BCUT2D eigenvalue weighted by Gasteiger charge is -2.22. The van der Waals surface area contributed by atoms with Gasteiger partial charge in [-0.2, -0.15) is 0 Å². The highest BCUT2D eigenvalue weighted by molar-refractivity contribution is 6.01. The molecular weight excluding hydrogens is 326 g/mol. The first-order valence-electron chi connectivity index (χ1n) is 9.36. The van der Waals surface area contributed by atoms with Gasteiger partial charge in [-0.25, -0.2) is 0 Å². The van der Waals surface area contributed by atoms with Crippen LogP contribution in [0.5, 0.6) is 0 Å². The molecule has 1 heterocycles. The Bertz CT molecular complexity index is 757. The zero-order valence-electron chi connectivity index (χ0n) is 16.1. The number of allylic oxidation sites excluding steroid dienone is 2. The van der Waals surface area contributed by atoms with Crippen LogP contribution in [0.4, 0.5) is 11.4 Å². The van der Waals surface area contributed by atoms with Gasteiger partial charge in [-0.05, 0) is 56.2 Å². The average molecular weight is 355 g/mol. The van der Waals surface area contributed by atoms with Crippen molar-refractivity contribution >= 4 is 23.2 Å². The number of hydrogen-bond donors (Lipinski definition) is 2. The summed E-state index contributed by atoms with van der Waals surface area (Å²) in [6.45, 7) is 10.3. The number of amides is 2. The third-order valence-corrected chi connectivity index (χ3v) is 5.69. The summed E-state index contributed by atoms with van der Waals surface area (Å²) in [5, 5.41) is 3.09. The molecule has 5 nitrogen and oxygen atoms in total. The molecule has 5 heteroatoms. The number of hydrogen-bond acceptors (Lipinski definition) is 3. The van der Waals surface area contributed by atoms with Crippen molar-refractivity contribution in [2.75, 3.05) is 23.3 Å². The van der Waals surface area contributed by atoms with Gasteiger partial charge < -0.3 is 16.0 Å². The molecule has 0 bridgehead atoms. The second-order valence-electron chi connectivity index (χ2n) is 8.35. The lowest BCUT2D eigenvalue weighted by molar-refractivity contribution is -0.118. The van der Waals surface area contributed by atoms with E-state index in [0.29, 0.717) is 11.3 Å². The van der Waals surface area contributed by atoms with Crippen molar-refractivity contribution in [3.63, 3.8) is 0 Å². The quantitative estimate of drug-likeness (QED) is 0.793. The first-order valence-corrected chi connectivity index (χ1v) is 9.36. The smallest absolute Gasteiger partial charge is 0.248 e. The molecule has 2 amide bonds. The number of nitrogens with one attached hydrogen (secondary N) is 1. The van der Waals surface area contributed by atoms with Gasteiger partial charge in [0.15, 0.2) is 0 Å². The van der Waals surface area contributed by atoms with Crippen molar-refractivity contribution in [2.45, 2.75) is 40.5 Å². The molecule has 26 heavy (non-hydrogen) atoms. The van der Waals surface area contributed by atoms with Gasteiger partial charge in [-0.15, -0.1) is 0 Å². The Labute approximate surface area is 155 Å². The molecule has 3 N–H and O–H groups in total. The predicted octanol–water partition coefficient (Wildman–Crippen LogP) is 3.56. The van der Waals surface area contributed by atoms with Crippen molar-refractivity contribution in [1.29, 1.82) is 0 Å². The molecule has 0 aromatic heterocycles. The summed E-state index contributed by atoms with van der Waals surface area (Å²) in [5.74, 6) is -0.273. The summed E-state index contributed by atoms with van der Waals surface area (Å²) in [5.41, 5.74) is 8.69. The number of primary amides is 1. The fourth-order valence-electron chi connectivity index (χ4n) is 4.08. The maximum Gasteiger partial charge on any atom is 0.248 e. The number of nitrogens with two attached hydrogens (primary N) is 1. The number of rotatable bonds is 5. The molecule has 0 unspecified atom stereocenters. The average Bonchev–Trinajstić information content (AvgIpc) is 2.92. The lowest BCUT2D eigenvalue weighted by atomic mass is 10.1. The minimum absolute atomic E-state index is 0.0135. The minimum atomic E-state index is -0.484. The summed E-state index contributed by atoms with van der Waals surface area (Å²) in [6.07, 6.45) is 4.47. The predicted molar refractivity (Wildman–Crippen MR) is 105 cm³/mol. The van der Waals surface area contributed by atoms with Crippen LogP contribution in [0.15, 0.2) is 29.8 Å². The molecule has 140 valence electrons. The van der Waals surface area contributed by atoms with Crippen LogP contribution < -0.4 is 16.0 Å². The Hall–Kier alpha value is -2.30. The summed E-state index contributed by atoms with van der Waals surface area (Å²) in [7, 11) is 0. The number of anilines is 2. The van der Waals surface area contributed by atoms with Gasteiger partial charge in [0.05, 0.1) is 17.3 Å². The second kappa shape index (κ2) is 6.78. The molecule has 1 aliphatic heterocycles. The Morgan fingerprint density at radius 1 is 1.23 bits per heavy atom. The summed E-state index contributed by atoms with van der Waals surface area (Å²) < 4.78 is 0. The summed E-state index contributed by atoms with van der Waals surface area (Å²) >= 11 is 0. The molecule has 1 aliphatic carbocycles. The van der Waals surface area contributed by atoms with Gasteiger partial charge in [0.2, 0.25) is 11.8 Å². The Morgan fingerprint density at radius 2 is 1.88 bits per heavy atom. The number of carbonyl (C=O) groups excluding carboxylic acids is 2. The van der Waals surface area contributed by atoms with E-state index in [1.165, 1.54) is 5.57 Å². The molecule has 2 aliphatic rings. The molecule has 0 radical (unpaired) electrons. The van der Waals surface area contributed by atoms with E-state index in [9.17, 15) is 9.59 Å². The molecule has 1 saturated carbocycles. The molecule has 3 rings (SSSR count). The van der Waals surface area contributed by atoms with Crippen molar-refractivity contribution in [3.05, 3.63) is 35.4 Å². The van der Waals surface area contributed by atoms with Crippen LogP contribution in [0, 0.1) is 17.3 Å². The first-order chi connectivity index (χ1) is 12.2. The molecule has 2 fully saturated rings. The van der Waals surface area contributed by atoms with E-state index in [1.54, 1.807) is 12.1 Å². The van der Waals surface area contributed by atoms with Gasteiger partial charge in [0.1, 0.15) is 0 Å². The van der Waals surface area contributed by atoms with Crippen LogP contribution in [0.1, 0.15) is 50.9 Å². The van der Waals surface area contributed by atoms with Gasteiger partial charge in [0.25, 0.3) is 0 Å². The molecule has 2 atom stereocenters. The van der Waals surface area contributed by atoms with Crippen molar-refractivity contribution in [3.8, 4) is 0 Å². The van der Waals surface area contributed by atoms with Crippen LogP contribution in [-0.4, -0.2) is 24.9 Å². The van der Waals surface area contributed by atoms with Crippen molar-refractivity contribution < 1.29 is 9.59 Å². The van der Waals surface area contributed by atoms with E-state index in [4.69, 9.17) is 5.73 Å². The van der Waals surface area contributed by atoms with Gasteiger partial charge in [-0.3, -0.25) is 9.59 Å². The second-order valence-corrected chi connectivity index (χ2v) is 8.35. The van der Waals surface area contributed by atoms with Crippen molar-refractivity contribution in [2.24, 2.45) is 23.0 Å². The maximum absolute atomic E-state index is 13.0. The summed E-state index contributed by atoms with van der Waals surface area (Å²) in [4.78, 5) is 26.8. The fraction of sp³-hybridized carbons (Fsp3) is 0.524. The normalized spacial score (nSPS) is 23.5. The lowest BCUT2D eigenvalue weighted by Crippen LogP contribution is -2.23. The van der Waals surface area contributed by atoms with E-state index in [2.05, 4.69) is 44.0 Å². The number of benzene rings is 1. The number of carbonyl (C=O) groups is 2. The van der Waals surface area contributed by atoms with E-state index in [-0.39, 0.29) is 23.2 Å². The fourth-order valence-corrected chi connectivity index (χ4v) is 4.08. The van der Waals surface area contributed by atoms with Gasteiger partial charge >= 0.3 is 0 Å². The third-order valence-electron chi connectivity index (χ3n) is 5.69. The Morgan fingerprint density at radius 3 is 2.46 bits per heavy atom. The third kappa shape index (κ3) is 3.48. The topological polar surface area (TPSA) is 75.4 Å². The van der Waals surface area contributed by atoms with Crippen molar-refractivity contribution in [1.82, 2.24) is 0 Å². The maximum atomic E-state index is 13.0. The molecule has 1 aromatic carbocycles. The van der Waals surface area contributed by atoms with Crippen LogP contribution in [-0.2, 0) is 4.79 Å². The van der Waals surface area contributed by atoms with Gasteiger partial charge in [-0.1, -0.05) is 25.5 Å². The van der Waals surface area contributed by atoms with Gasteiger partial charge in [0, 0.05) is 18.7 Å². The minimum Gasteiger partial charge on any atom is -0.370 e. The standard InChI is InChI=1S/C21H29N3O2/c1-13(2)11-15-18(21(15,3)4)20(26)23-16-12-14(19(22)25)7-8-17(16)24-9-5-6-10-24/h7-8,11-12,15,18H,5-6,9-10H2,1-4H3,(H2,22,25)(H,23,26)/t15-,18-/m1/s1. The Balaban J connectivity index is 1.86. The largest absolute Gasteiger partial charge is 0.370 e. The molecular formula is C21H29N3O2. The monoisotopic (exact) mass is 355 g/mol. The highest BCUT2D eigenvalue weighted by atomic mass is 16.2. The van der Waals surface area contributed by atoms with Crippen LogP contribution in [0.25, 0.3) is 0 Å². The molecule has 0 spiro atoms.